The first-order chi connectivity index (χ1) is 7.36. The third-order valence-corrected chi connectivity index (χ3v) is 3.14. The average Bonchev–Trinajstić information content (AvgIpc) is 2.16. The largest absolute Gasteiger partial charge is 0.371 e. The van der Waals surface area contributed by atoms with Gasteiger partial charge in [-0.3, -0.25) is 0 Å². The highest BCUT2D eigenvalue weighted by molar-refractivity contribution is 6.29. The van der Waals surface area contributed by atoms with Crippen LogP contribution in [0.25, 0.3) is 0 Å². The second-order valence-corrected chi connectivity index (χ2v) is 4.48. The van der Waals surface area contributed by atoms with Gasteiger partial charge in [0, 0.05) is 25.0 Å². The molecule has 2 nitrogen and oxygen atoms in total. The summed E-state index contributed by atoms with van der Waals surface area (Å²) < 4.78 is 0. The fourth-order valence-electron chi connectivity index (χ4n) is 2.09. The number of pyridine rings is 1. The van der Waals surface area contributed by atoms with E-state index >= 15 is 0 Å². The molecule has 3 heteroatoms. The molecule has 0 radical (unpaired) electrons. The van der Waals surface area contributed by atoms with Crippen LogP contribution in [-0.4, -0.2) is 18.1 Å². The summed E-state index contributed by atoms with van der Waals surface area (Å²) in [7, 11) is 0. The predicted molar refractivity (Wildman–Crippen MR) is 64.5 cm³/mol. The van der Waals surface area contributed by atoms with E-state index in [1.54, 1.807) is 6.20 Å². The van der Waals surface area contributed by atoms with Gasteiger partial charge in [0.1, 0.15) is 5.15 Å². The van der Waals surface area contributed by atoms with Gasteiger partial charge in [-0.2, -0.15) is 0 Å². The zero-order valence-electron chi connectivity index (χ0n) is 8.95. The molecule has 82 valence electrons. The minimum atomic E-state index is 0.592. The van der Waals surface area contributed by atoms with Crippen molar-refractivity contribution in [3.05, 3.63) is 23.5 Å². The molecule has 1 aliphatic rings. The molecule has 0 aromatic carbocycles. The van der Waals surface area contributed by atoms with Crippen molar-refractivity contribution in [3.8, 4) is 0 Å². The van der Waals surface area contributed by atoms with Gasteiger partial charge in [-0.25, -0.2) is 4.98 Å². The van der Waals surface area contributed by atoms with Crippen LogP contribution in [0, 0.1) is 0 Å². The van der Waals surface area contributed by atoms with Crippen molar-refractivity contribution in [1.82, 2.24) is 4.98 Å². The van der Waals surface area contributed by atoms with E-state index in [4.69, 9.17) is 11.6 Å². The standard InChI is InChI=1S/C12H17ClN2/c13-12-10-11(6-7-14-12)15-8-4-2-1-3-5-9-15/h6-7,10H,1-5,8-9H2. The maximum Gasteiger partial charge on any atom is 0.131 e. The summed E-state index contributed by atoms with van der Waals surface area (Å²) in [5, 5.41) is 0.592. The Balaban J connectivity index is 2.06. The summed E-state index contributed by atoms with van der Waals surface area (Å²) in [5.41, 5.74) is 1.22. The highest BCUT2D eigenvalue weighted by Crippen LogP contribution is 2.20. The van der Waals surface area contributed by atoms with E-state index in [9.17, 15) is 0 Å². The maximum atomic E-state index is 5.90. The van der Waals surface area contributed by atoms with Gasteiger partial charge in [0.15, 0.2) is 0 Å². The summed E-state index contributed by atoms with van der Waals surface area (Å²) in [6.07, 6.45) is 8.48. The molecule has 0 unspecified atom stereocenters. The predicted octanol–water partition coefficient (Wildman–Crippen LogP) is 3.51. The van der Waals surface area contributed by atoms with E-state index < -0.39 is 0 Å². The van der Waals surface area contributed by atoms with E-state index in [0.29, 0.717) is 5.15 Å². The first-order valence-corrected chi connectivity index (χ1v) is 6.10. The van der Waals surface area contributed by atoms with Crippen LogP contribution >= 0.6 is 11.6 Å². The fourth-order valence-corrected chi connectivity index (χ4v) is 2.26. The summed E-state index contributed by atoms with van der Waals surface area (Å²) in [4.78, 5) is 6.44. The van der Waals surface area contributed by atoms with Crippen LogP contribution < -0.4 is 4.90 Å². The van der Waals surface area contributed by atoms with Crippen molar-refractivity contribution in [3.63, 3.8) is 0 Å². The Morgan fingerprint density at radius 1 is 1.07 bits per heavy atom. The Hall–Kier alpha value is -0.760. The fraction of sp³-hybridized carbons (Fsp3) is 0.583. The molecule has 0 spiro atoms. The molecule has 2 heterocycles. The molecule has 0 bridgehead atoms. The molecular weight excluding hydrogens is 208 g/mol. The van der Waals surface area contributed by atoms with E-state index in [0.717, 1.165) is 13.1 Å². The Bertz CT molecular complexity index is 306. The van der Waals surface area contributed by atoms with Crippen LogP contribution in [-0.2, 0) is 0 Å². The molecule has 15 heavy (non-hydrogen) atoms. The molecule has 0 atom stereocenters. The van der Waals surface area contributed by atoms with Crippen molar-refractivity contribution in [1.29, 1.82) is 0 Å². The van der Waals surface area contributed by atoms with Gasteiger partial charge in [0.25, 0.3) is 0 Å². The molecule has 1 fully saturated rings. The molecule has 0 amide bonds. The highest BCUT2D eigenvalue weighted by Gasteiger charge is 2.09. The molecule has 0 N–H and O–H groups in total. The van der Waals surface area contributed by atoms with Crippen molar-refractivity contribution >= 4 is 17.3 Å². The first kappa shape index (κ1) is 10.7. The van der Waals surface area contributed by atoms with Gasteiger partial charge in [0.2, 0.25) is 0 Å². The van der Waals surface area contributed by atoms with Gasteiger partial charge < -0.3 is 4.90 Å². The van der Waals surface area contributed by atoms with Crippen molar-refractivity contribution in [2.75, 3.05) is 18.0 Å². The monoisotopic (exact) mass is 224 g/mol. The molecule has 1 aromatic heterocycles. The van der Waals surface area contributed by atoms with Gasteiger partial charge in [0.05, 0.1) is 0 Å². The Kier molecular flexibility index (Phi) is 3.84. The molecule has 2 rings (SSSR count). The summed E-state index contributed by atoms with van der Waals surface area (Å²) >= 11 is 5.90. The normalized spacial score (nSPS) is 18.3. The second-order valence-electron chi connectivity index (χ2n) is 4.09. The number of hydrogen-bond donors (Lipinski definition) is 0. The number of anilines is 1. The maximum absolute atomic E-state index is 5.90. The van der Waals surface area contributed by atoms with Crippen LogP contribution in [0.2, 0.25) is 5.15 Å². The summed E-state index contributed by atoms with van der Waals surface area (Å²) in [6, 6.07) is 4.01. The van der Waals surface area contributed by atoms with Gasteiger partial charge in [-0.15, -0.1) is 0 Å². The second kappa shape index (κ2) is 5.36. The molecular formula is C12H17ClN2. The molecule has 1 saturated heterocycles. The first-order valence-electron chi connectivity index (χ1n) is 5.73. The minimum absolute atomic E-state index is 0.592. The van der Waals surface area contributed by atoms with Crippen molar-refractivity contribution in [2.45, 2.75) is 32.1 Å². The van der Waals surface area contributed by atoms with Crippen LogP contribution in [0.5, 0.6) is 0 Å². The van der Waals surface area contributed by atoms with Gasteiger partial charge in [-0.05, 0) is 25.0 Å². The molecule has 1 aromatic rings. The molecule has 0 aliphatic carbocycles. The lowest BCUT2D eigenvalue weighted by Crippen LogP contribution is -2.26. The van der Waals surface area contributed by atoms with Gasteiger partial charge in [-0.1, -0.05) is 30.9 Å². The minimum Gasteiger partial charge on any atom is -0.371 e. The molecule has 1 aliphatic heterocycles. The number of nitrogens with zero attached hydrogens (tertiary/aromatic N) is 2. The zero-order valence-corrected chi connectivity index (χ0v) is 9.71. The number of rotatable bonds is 1. The summed E-state index contributed by atoms with van der Waals surface area (Å²) in [6.45, 7) is 2.31. The Morgan fingerprint density at radius 2 is 1.73 bits per heavy atom. The Labute approximate surface area is 96.3 Å². The van der Waals surface area contributed by atoms with Crippen molar-refractivity contribution in [2.24, 2.45) is 0 Å². The van der Waals surface area contributed by atoms with Gasteiger partial charge >= 0.3 is 0 Å². The highest BCUT2D eigenvalue weighted by atomic mass is 35.5. The van der Waals surface area contributed by atoms with Crippen LogP contribution in [0.1, 0.15) is 32.1 Å². The SMILES string of the molecule is Clc1cc(N2CCCCCCC2)ccn1. The Morgan fingerprint density at radius 3 is 2.40 bits per heavy atom. The molecule has 0 saturated carbocycles. The number of hydrogen-bond acceptors (Lipinski definition) is 2. The number of halogens is 1. The smallest absolute Gasteiger partial charge is 0.131 e. The van der Waals surface area contributed by atoms with Crippen molar-refractivity contribution < 1.29 is 0 Å². The number of aromatic nitrogens is 1. The van der Waals surface area contributed by atoms with E-state index in [-0.39, 0.29) is 0 Å². The quantitative estimate of drug-likeness (QED) is 0.679. The zero-order chi connectivity index (χ0) is 10.5. The third kappa shape index (κ3) is 3.10. The van der Waals surface area contributed by atoms with Crippen LogP contribution in [0.4, 0.5) is 5.69 Å². The lowest BCUT2D eigenvalue weighted by atomic mass is 10.1. The topological polar surface area (TPSA) is 16.1 Å². The van der Waals surface area contributed by atoms with E-state index in [1.165, 1.54) is 37.8 Å². The van der Waals surface area contributed by atoms with E-state index in [2.05, 4.69) is 9.88 Å². The van der Waals surface area contributed by atoms with Crippen LogP contribution in [0.3, 0.4) is 0 Å². The third-order valence-electron chi connectivity index (χ3n) is 2.93. The lowest BCUT2D eigenvalue weighted by Gasteiger charge is -2.26. The average molecular weight is 225 g/mol. The van der Waals surface area contributed by atoms with Crippen LogP contribution in [0.15, 0.2) is 18.3 Å². The summed E-state index contributed by atoms with van der Waals surface area (Å²) in [5.74, 6) is 0. The van der Waals surface area contributed by atoms with E-state index in [1.807, 2.05) is 12.1 Å². The lowest BCUT2D eigenvalue weighted by molar-refractivity contribution is 0.556.